The molecule has 1 amide bonds. The number of carbonyl (C=O) groups is 1. The molecule has 1 aromatic rings. The highest BCUT2D eigenvalue weighted by Crippen LogP contribution is 2.55. The standard InChI is InChI=1S/C13H17BrNO5P/c1-4-18-21(17,19-5-2)20-12-10-8-9(14)6-7-11(10)15(3)13(12)16/h6-8,12H,4-5H2,1-3H3. The highest BCUT2D eigenvalue weighted by Gasteiger charge is 2.42. The maximum absolute atomic E-state index is 12.5. The Morgan fingerprint density at radius 1 is 1.29 bits per heavy atom. The van der Waals surface area contributed by atoms with E-state index in [1.165, 1.54) is 4.90 Å². The first kappa shape index (κ1) is 16.6. The van der Waals surface area contributed by atoms with Gasteiger partial charge in [0, 0.05) is 22.8 Å². The molecular formula is C13H17BrNO5P. The van der Waals surface area contributed by atoms with Gasteiger partial charge in [0.05, 0.1) is 13.2 Å². The van der Waals surface area contributed by atoms with Gasteiger partial charge in [0.25, 0.3) is 5.91 Å². The van der Waals surface area contributed by atoms with E-state index in [2.05, 4.69) is 15.9 Å². The van der Waals surface area contributed by atoms with E-state index in [0.29, 0.717) is 11.3 Å². The van der Waals surface area contributed by atoms with E-state index in [9.17, 15) is 9.36 Å². The lowest BCUT2D eigenvalue weighted by Crippen LogP contribution is -2.25. The zero-order chi connectivity index (χ0) is 15.6. The van der Waals surface area contributed by atoms with Crippen LogP contribution in [0, 0.1) is 0 Å². The molecule has 1 heterocycles. The minimum atomic E-state index is -3.77. The lowest BCUT2D eigenvalue weighted by atomic mass is 10.1. The van der Waals surface area contributed by atoms with E-state index >= 15 is 0 Å². The quantitative estimate of drug-likeness (QED) is 0.707. The highest BCUT2D eigenvalue weighted by molar-refractivity contribution is 9.10. The molecule has 0 aromatic heterocycles. The maximum Gasteiger partial charge on any atom is 0.475 e. The Bertz CT molecular complexity index is 584. The van der Waals surface area contributed by atoms with Crippen LogP contribution in [0.3, 0.4) is 0 Å². The number of hydrogen-bond donors (Lipinski definition) is 0. The van der Waals surface area contributed by atoms with Gasteiger partial charge in [-0.2, -0.15) is 0 Å². The molecule has 2 rings (SSSR count). The SMILES string of the molecule is CCOP(=O)(OCC)OC1C(=O)N(C)c2ccc(Br)cc21. The van der Waals surface area contributed by atoms with Crippen molar-refractivity contribution in [3.05, 3.63) is 28.2 Å². The molecule has 1 unspecified atom stereocenters. The van der Waals surface area contributed by atoms with Crippen molar-refractivity contribution in [3.8, 4) is 0 Å². The Balaban J connectivity index is 2.34. The van der Waals surface area contributed by atoms with E-state index in [1.807, 2.05) is 6.07 Å². The molecule has 1 aliphatic rings. The van der Waals surface area contributed by atoms with Crippen molar-refractivity contribution in [2.45, 2.75) is 20.0 Å². The summed E-state index contributed by atoms with van der Waals surface area (Å²) in [5.41, 5.74) is 1.35. The summed E-state index contributed by atoms with van der Waals surface area (Å²) in [4.78, 5) is 13.8. The summed E-state index contributed by atoms with van der Waals surface area (Å²) in [6.07, 6.45) is -0.994. The van der Waals surface area contributed by atoms with Crippen LogP contribution in [0.15, 0.2) is 22.7 Å². The fourth-order valence-electron chi connectivity index (χ4n) is 2.11. The van der Waals surface area contributed by atoms with Crippen LogP contribution >= 0.6 is 23.8 Å². The number of hydrogen-bond acceptors (Lipinski definition) is 5. The van der Waals surface area contributed by atoms with Crippen LogP contribution in [0.2, 0.25) is 0 Å². The molecule has 8 heteroatoms. The number of anilines is 1. The molecule has 1 aliphatic heterocycles. The summed E-state index contributed by atoms with van der Waals surface area (Å²) in [6.45, 7) is 3.70. The topological polar surface area (TPSA) is 65.1 Å². The first-order chi connectivity index (χ1) is 9.91. The molecule has 21 heavy (non-hydrogen) atoms. The van der Waals surface area contributed by atoms with Gasteiger partial charge in [0.1, 0.15) is 0 Å². The van der Waals surface area contributed by atoms with Gasteiger partial charge in [0.15, 0.2) is 6.10 Å². The van der Waals surface area contributed by atoms with Crippen LogP contribution in [0.1, 0.15) is 25.5 Å². The van der Waals surface area contributed by atoms with Crippen LogP contribution in [0.25, 0.3) is 0 Å². The van der Waals surface area contributed by atoms with E-state index in [4.69, 9.17) is 13.6 Å². The summed E-state index contributed by atoms with van der Waals surface area (Å²) in [7, 11) is -2.12. The van der Waals surface area contributed by atoms with Crippen LogP contribution in [-0.4, -0.2) is 26.2 Å². The fraction of sp³-hybridized carbons (Fsp3) is 0.462. The summed E-state index contributed by atoms with van der Waals surface area (Å²) in [5, 5.41) is 0. The predicted octanol–water partition coefficient (Wildman–Crippen LogP) is 3.66. The Labute approximate surface area is 132 Å². The Morgan fingerprint density at radius 2 is 1.90 bits per heavy atom. The molecule has 0 spiro atoms. The normalized spacial score (nSPS) is 18.2. The minimum Gasteiger partial charge on any atom is -0.313 e. The number of amides is 1. The van der Waals surface area contributed by atoms with Crippen LogP contribution in [0.5, 0.6) is 0 Å². The second-order valence-corrected chi connectivity index (χ2v) is 6.91. The summed E-state index contributed by atoms with van der Waals surface area (Å²) < 4.78 is 28.9. The van der Waals surface area contributed by atoms with Crippen molar-refractivity contribution in [1.29, 1.82) is 0 Å². The van der Waals surface area contributed by atoms with Crippen molar-refractivity contribution >= 4 is 35.3 Å². The van der Waals surface area contributed by atoms with Gasteiger partial charge in [-0.25, -0.2) is 4.57 Å². The number of fused-ring (bicyclic) bond motifs is 1. The lowest BCUT2D eigenvalue weighted by molar-refractivity contribution is -0.125. The van der Waals surface area contributed by atoms with Crippen molar-refractivity contribution in [2.24, 2.45) is 0 Å². The van der Waals surface area contributed by atoms with Gasteiger partial charge in [0.2, 0.25) is 0 Å². The van der Waals surface area contributed by atoms with E-state index < -0.39 is 13.9 Å². The number of carbonyl (C=O) groups excluding carboxylic acids is 1. The average Bonchev–Trinajstić information content (AvgIpc) is 2.64. The summed E-state index contributed by atoms with van der Waals surface area (Å²) in [6, 6.07) is 5.40. The highest BCUT2D eigenvalue weighted by atomic mass is 79.9. The van der Waals surface area contributed by atoms with E-state index in [-0.39, 0.29) is 19.1 Å². The summed E-state index contributed by atoms with van der Waals surface area (Å²) in [5.74, 6) is -0.303. The molecule has 116 valence electrons. The van der Waals surface area contributed by atoms with Gasteiger partial charge < -0.3 is 4.90 Å². The van der Waals surface area contributed by atoms with E-state index in [0.717, 1.165) is 4.47 Å². The smallest absolute Gasteiger partial charge is 0.313 e. The number of halogens is 1. The van der Waals surface area contributed by atoms with Crippen LogP contribution < -0.4 is 4.90 Å². The van der Waals surface area contributed by atoms with Crippen molar-refractivity contribution in [3.63, 3.8) is 0 Å². The zero-order valence-electron chi connectivity index (χ0n) is 12.0. The first-order valence-corrected chi connectivity index (χ1v) is 8.81. The Morgan fingerprint density at radius 3 is 2.48 bits per heavy atom. The molecular weight excluding hydrogens is 361 g/mol. The van der Waals surface area contributed by atoms with Crippen LogP contribution in [0.4, 0.5) is 5.69 Å². The zero-order valence-corrected chi connectivity index (χ0v) is 14.5. The van der Waals surface area contributed by atoms with Gasteiger partial charge in [-0.1, -0.05) is 15.9 Å². The van der Waals surface area contributed by atoms with Gasteiger partial charge in [-0.05, 0) is 32.0 Å². The third kappa shape index (κ3) is 3.38. The third-order valence-electron chi connectivity index (χ3n) is 3.00. The molecule has 0 radical (unpaired) electrons. The van der Waals surface area contributed by atoms with Crippen molar-refractivity contribution in [2.75, 3.05) is 25.2 Å². The first-order valence-electron chi connectivity index (χ1n) is 6.56. The molecule has 0 saturated heterocycles. The molecule has 6 nitrogen and oxygen atoms in total. The summed E-state index contributed by atoms with van der Waals surface area (Å²) >= 11 is 3.36. The second-order valence-electron chi connectivity index (χ2n) is 4.37. The molecule has 0 fully saturated rings. The van der Waals surface area contributed by atoms with Crippen molar-refractivity contribution < 1.29 is 22.9 Å². The number of likely N-dealkylation sites (N-methyl/N-ethyl adjacent to an activating group) is 1. The Hall–Kier alpha value is -0.720. The van der Waals surface area contributed by atoms with Gasteiger partial charge in [-0.3, -0.25) is 18.4 Å². The number of phosphoric acid groups is 1. The van der Waals surface area contributed by atoms with Gasteiger partial charge in [-0.15, -0.1) is 0 Å². The monoisotopic (exact) mass is 377 g/mol. The van der Waals surface area contributed by atoms with Crippen LogP contribution in [-0.2, 0) is 22.9 Å². The Kier molecular flexibility index (Phi) is 5.22. The molecule has 0 bridgehead atoms. The number of phosphoric ester groups is 1. The number of rotatable bonds is 6. The number of benzene rings is 1. The lowest BCUT2D eigenvalue weighted by Gasteiger charge is -2.20. The minimum absolute atomic E-state index is 0.166. The third-order valence-corrected chi connectivity index (χ3v) is 5.11. The fourth-order valence-corrected chi connectivity index (χ4v) is 3.78. The second kappa shape index (κ2) is 6.58. The molecule has 1 atom stereocenters. The number of nitrogens with zero attached hydrogens (tertiary/aromatic N) is 1. The maximum atomic E-state index is 12.5. The van der Waals surface area contributed by atoms with E-state index in [1.54, 1.807) is 33.0 Å². The predicted molar refractivity (Wildman–Crippen MR) is 82.2 cm³/mol. The van der Waals surface area contributed by atoms with Crippen molar-refractivity contribution in [1.82, 2.24) is 0 Å². The molecule has 0 saturated carbocycles. The molecule has 0 N–H and O–H groups in total. The molecule has 0 aliphatic carbocycles. The largest absolute Gasteiger partial charge is 0.475 e. The average molecular weight is 378 g/mol. The molecule has 1 aromatic carbocycles. The van der Waals surface area contributed by atoms with Gasteiger partial charge >= 0.3 is 7.82 Å².